The monoisotopic (exact) mass is 425 g/mol. The lowest BCUT2D eigenvalue weighted by Gasteiger charge is -2.15. The molecule has 2 aromatic heterocycles. The van der Waals surface area contributed by atoms with E-state index in [1.165, 1.54) is 24.5 Å². The van der Waals surface area contributed by atoms with Gasteiger partial charge >= 0.3 is 12.4 Å². The molecule has 0 saturated carbocycles. The molecule has 4 rings (SSSR count). The van der Waals surface area contributed by atoms with Crippen LogP contribution in [0.15, 0.2) is 58.3 Å². The van der Waals surface area contributed by atoms with Gasteiger partial charge in [-0.15, -0.1) is 0 Å². The summed E-state index contributed by atoms with van der Waals surface area (Å²) in [6, 6.07) is 4.53. The molecule has 0 aliphatic carbocycles. The number of oxazole rings is 1. The van der Waals surface area contributed by atoms with E-state index in [1.807, 2.05) is 0 Å². The molecule has 0 amide bonds. The lowest BCUT2D eigenvalue weighted by Crippen LogP contribution is -2.22. The van der Waals surface area contributed by atoms with Gasteiger partial charge in [-0.3, -0.25) is 9.98 Å². The topological polar surface area (TPSA) is 51.3 Å². The molecule has 0 saturated heterocycles. The number of aliphatic imine (C=N–C) groups is 1. The number of hydrogen-bond donors (Lipinski definition) is 0. The highest BCUT2D eigenvalue weighted by Gasteiger charge is 2.36. The van der Waals surface area contributed by atoms with Crippen LogP contribution in [-0.2, 0) is 6.18 Å². The van der Waals surface area contributed by atoms with Crippen LogP contribution in [0.25, 0.3) is 22.6 Å². The Morgan fingerprint density at radius 2 is 1.80 bits per heavy atom. The van der Waals surface area contributed by atoms with Crippen molar-refractivity contribution in [3.8, 4) is 11.5 Å². The molecule has 0 bridgehead atoms. The van der Waals surface area contributed by atoms with Gasteiger partial charge in [-0.2, -0.15) is 26.3 Å². The zero-order chi connectivity index (χ0) is 21.5. The molecule has 1 aliphatic heterocycles. The average molecular weight is 425 g/mol. The fourth-order valence-corrected chi connectivity index (χ4v) is 3.28. The Labute approximate surface area is 166 Å². The number of hydrogen-bond acceptors (Lipinski definition) is 4. The van der Waals surface area contributed by atoms with Crippen molar-refractivity contribution in [2.45, 2.75) is 31.1 Å². The third-order valence-corrected chi connectivity index (χ3v) is 4.76. The van der Waals surface area contributed by atoms with Crippen LogP contribution in [0.4, 0.5) is 26.3 Å². The maximum atomic E-state index is 12.9. The first kappa shape index (κ1) is 20.1. The van der Waals surface area contributed by atoms with E-state index >= 15 is 0 Å². The van der Waals surface area contributed by atoms with Gasteiger partial charge in [0.1, 0.15) is 11.2 Å². The quantitative estimate of drug-likeness (QED) is 0.453. The second-order valence-corrected chi connectivity index (χ2v) is 6.72. The summed E-state index contributed by atoms with van der Waals surface area (Å²) in [6.45, 7) is 0. The summed E-state index contributed by atoms with van der Waals surface area (Å²) in [5.41, 5.74) is -0.530. The third kappa shape index (κ3) is 3.94. The molecule has 1 atom stereocenters. The number of aromatic nitrogens is 2. The zero-order valence-electron chi connectivity index (χ0n) is 15.1. The molecule has 0 radical (unpaired) electrons. The van der Waals surface area contributed by atoms with Crippen molar-refractivity contribution < 1.29 is 30.8 Å². The molecule has 0 fully saturated rings. The number of benzene rings is 1. The largest absolute Gasteiger partial charge is 0.436 e. The van der Waals surface area contributed by atoms with Gasteiger partial charge < -0.3 is 4.42 Å². The van der Waals surface area contributed by atoms with Crippen molar-refractivity contribution in [2.24, 2.45) is 4.99 Å². The van der Waals surface area contributed by atoms with E-state index in [1.54, 1.807) is 6.07 Å². The van der Waals surface area contributed by atoms with Gasteiger partial charge in [-0.05, 0) is 42.7 Å². The average Bonchev–Trinajstić information content (AvgIpc) is 2.93. The van der Waals surface area contributed by atoms with Crippen molar-refractivity contribution in [1.29, 1.82) is 0 Å². The Balaban J connectivity index is 1.69. The molecule has 10 heteroatoms. The van der Waals surface area contributed by atoms with E-state index in [4.69, 9.17) is 4.42 Å². The van der Waals surface area contributed by atoms with E-state index in [-0.39, 0.29) is 29.8 Å². The van der Waals surface area contributed by atoms with E-state index in [2.05, 4.69) is 15.0 Å². The summed E-state index contributed by atoms with van der Waals surface area (Å²) in [5, 5.41) is 0. The van der Waals surface area contributed by atoms with E-state index in [9.17, 15) is 26.3 Å². The van der Waals surface area contributed by atoms with Gasteiger partial charge in [0.15, 0.2) is 5.58 Å². The lowest BCUT2D eigenvalue weighted by atomic mass is 9.91. The second kappa shape index (κ2) is 7.26. The van der Waals surface area contributed by atoms with E-state index < -0.39 is 29.5 Å². The van der Waals surface area contributed by atoms with Gasteiger partial charge in [0.05, 0.1) is 5.56 Å². The van der Waals surface area contributed by atoms with Crippen molar-refractivity contribution in [3.63, 3.8) is 0 Å². The summed E-state index contributed by atoms with van der Waals surface area (Å²) < 4.78 is 83.3. The van der Waals surface area contributed by atoms with E-state index in [0.717, 1.165) is 18.3 Å². The third-order valence-electron chi connectivity index (χ3n) is 4.76. The highest BCUT2D eigenvalue weighted by atomic mass is 19.4. The molecule has 30 heavy (non-hydrogen) atoms. The molecule has 0 spiro atoms. The summed E-state index contributed by atoms with van der Waals surface area (Å²) >= 11 is 0. The Kier molecular flexibility index (Phi) is 4.87. The van der Waals surface area contributed by atoms with Crippen LogP contribution in [0.3, 0.4) is 0 Å². The molecular weight excluding hydrogens is 412 g/mol. The number of halogens is 6. The summed E-state index contributed by atoms with van der Waals surface area (Å²) in [6.07, 6.45) is -3.59. The Morgan fingerprint density at radius 3 is 2.53 bits per heavy atom. The maximum Gasteiger partial charge on any atom is 0.429 e. The van der Waals surface area contributed by atoms with Gasteiger partial charge in [0.25, 0.3) is 0 Å². The molecule has 0 N–H and O–H groups in total. The molecular formula is C20H13F6N3O. The van der Waals surface area contributed by atoms with Crippen molar-refractivity contribution in [2.75, 3.05) is 0 Å². The first-order valence-electron chi connectivity index (χ1n) is 8.85. The minimum Gasteiger partial charge on any atom is -0.436 e. The standard InChI is InChI=1S/C20H13F6N3O/c21-19(22,23)12-2-3-16-15(9-12)29-18(30-16)13-6-7-27-10-14(13)11-1-4-17(20(24,25)26)28-8-5-11/h2-3,5-11H,1,4H2. The minimum atomic E-state index is -4.52. The number of allylic oxidation sites excluding steroid dienone is 1. The van der Waals surface area contributed by atoms with Crippen LogP contribution in [0.5, 0.6) is 0 Å². The summed E-state index contributed by atoms with van der Waals surface area (Å²) in [4.78, 5) is 11.7. The number of fused-ring (bicyclic) bond motifs is 1. The van der Waals surface area contributed by atoms with Crippen molar-refractivity contribution >= 4 is 16.8 Å². The Hall–Kier alpha value is -3.17. The predicted molar refractivity (Wildman–Crippen MR) is 96.8 cm³/mol. The highest BCUT2D eigenvalue weighted by molar-refractivity contribution is 5.90. The highest BCUT2D eigenvalue weighted by Crippen LogP contribution is 2.37. The summed E-state index contributed by atoms with van der Waals surface area (Å²) in [5.74, 6) is -0.380. The first-order valence-corrected chi connectivity index (χ1v) is 8.85. The lowest BCUT2D eigenvalue weighted by molar-refractivity contribution is -0.137. The number of rotatable bonds is 2. The van der Waals surface area contributed by atoms with Crippen molar-refractivity contribution in [1.82, 2.24) is 9.97 Å². The smallest absolute Gasteiger partial charge is 0.429 e. The first-order chi connectivity index (χ1) is 14.1. The molecule has 156 valence electrons. The van der Waals surface area contributed by atoms with Gasteiger partial charge in [0.2, 0.25) is 5.89 Å². The second-order valence-electron chi connectivity index (χ2n) is 6.72. The number of alkyl halides is 6. The molecule has 1 aliphatic rings. The van der Waals surface area contributed by atoms with Crippen LogP contribution in [0, 0.1) is 0 Å². The van der Waals surface area contributed by atoms with Crippen LogP contribution in [0.1, 0.15) is 29.9 Å². The molecule has 1 unspecified atom stereocenters. The van der Waals surface area contributed by atoms with Gasteiger partial charge in [-0.1, -0.05) is 6.08 Å². The van der Waals surface area contributed by atoms with Crippen LogP contribution >= 0.6 is 0 Å². The SMILES string of the molecule is FC(F)(F)C1=NC=CC(c2cnccc2-c2nc3cc(C(F)(F)F)ccc3o2)CC1. The minimum absolute atomic E-state index is 0.0293. The molecule has 3 aromatic rings. The fourth-order valence-electron chi connectivity index (χ4n) is 3.28. The molecule has 1 aromatic carbocycles. The zero-order valence-corrected chi connectivity index (χ0v) is 15.1. The van der Waals surface area contributed by atoms with Crippen molar-refractivity contribution in [3.05, 3.63) is 60.1 Å². The van der Waals surface area contributed by atoms with E-state index in [0.29, 0.717) is 11.1 Å². The van der Waals surface area contributed by atoms with Gasteiger partial charge in [-0.25, -0.2) is 4.98 Å². The van der Waals surface area contributed by atoms with Crippen LogP contribution in [0.2, 0.25) is 0 Å². The number of nitrogens with zero attached hydrogens (tertiary/aromatic N) is 3. The Morgan fingerprint density at radius 1 is 1.00 bits per heavy atom. The van der Waals surface area contributed by atoms with Crippen LogP contribution < -0.4 is 0 Å². The molecule has 3 heterocycles. The predicted octanol–water partition coefficient (Wildman–Crippen LogP) is 6.30. The molecule has 4 nitrogen and oxygen atoms in total. The maximum absolute atomic E-state index is 12.9. The Bertz CT molecular complexity index is 1140. The summed E-state index contributed by atoms with van der Waals surface area (Å²) in [7, 11) is 0. The fraction of sp³-hybridized carbons (Fsp3) is 0.250. The normalized spacial score (nSPS) is 17.8. The van der Waals surface area contributed by atoms with Gasteiger partial charge in [0, 0.05) is 30.1 Å². The van der Waals surface area contributed by atoms with Crippen LogP contribution in [-0.4, -0.2) is 21.9 Å². The number of pyridine rings is 1.